The Morgan fingerprint density at radius 1 is 1.36 bits per heavy atom. The molecule has 0 spiro atoms. The van der Waals surface area contributed by atoms with Crippen LogP contribution in [-0.4, -0.2) is 43.2 Å². The summed E-state index contributed by atoms with van der Waals surface area (Å²) >= 11 is 6.16. The second kappa shape index (κ2) is 6.57. The summed E-state index contributed by atoms with van der Waals surface area (Å²) in [6.45, 7) is 2.67. The van der Waals surface area contributed by atoms with E-state index in [-0.39, 0.29) is 11.9 Å². The van der Waals surface area contributed by atoms with E-state index in [0.717, 1.165) is 24.9 Å². The fraction of sp³-hybridized carbons (Fsp3) is 0.588. The summed E-state index contributed by atoms with van der Waals surface area (Å²) in [5.41, 5.74) is 6.55. The number of nitrogens with zero attached hydrogens (tertiary/aromatic N) is 1. The van der Waals surface area contributed by atoms with Crippen molar-refractivity contribution < 1.29 is 9.53 Å². The molecule has 2 N–H and O–H groups in total. The third-order valence-corrected chi connectivity index (χ3v) is 5.11. The van der Waals surface area contributed by atoms with E-state index in [9.17, 15) is 4.79 Å². The third kappa shape index (κ3) is 3.00. The Morgan fingerprint density at radius 2 is 2.14 bits per heavy atom. The van der Waals surface area contributed by atoms with Gasteiger partial charge in [0, 0.05) is 37.4 Å². The van der Waals surface area contributed by atoms with Gasteiger partial charge in [-0.05, 0) is 43.4 Å². The first-order valence-electron chi connectivity index (χ1n) is 8.00. The number of carbonyl (C=O) groups excluding carboxylic acids is 1. The van der Waals surface area contributed by atoms with Crippen molar-refractivity contribution >= 4 is 17.5 Å². The van der Waals surface area contributed by atoms with E-state index in [1.54, 1.807) is 0 Å². The van der Waals surface area contributed by atoms with Crippen molar-refractivity contribution in [2.45, 2.75) is 37.1 Å². The molecule has 3 rings (SSSR count). The molecule has 0 unspecified atom stereocenters. The van der Waals surface area contributed by atoms with Crippen molar-refractivity contribution in [2.75, 3.05) is 26.3 Å². The predicted molar refractivity (Wildman–Crippen MR) is 87.0 cm³/mol. The van der Waals surface area contributed by atoms with Gasteiger partial charge in [0.25, 0.3) is 0 Å². The molecule has 2 heterocycles. The largest absolute Gasteiger partial charge is 0.381 e. The van der Waals surface area contributed by atoms with E-state index in [1.807, 2.05) is 29.2 Å². The van der Waals surface area contributed by atoms with Crippen LogP contribution in [0.2, 0.25) is 5.02 Å². The molecule has 2 aliphatic rings. The van der Waals surface area contributed by atoms with Gasteiger partial charge in [0.1, 0.15) is 0 Å². The topological polar surface area (TPSA) is 55.6 Å². The average molecular weight is 323 g/mol. The highest BCUT2D eigenvalue weighted by Crippen LogP contribution is 2.38. The number of nitrogens with two attached hydrogens (primary N) is 1. The first kappa shape index (κ1) is 15.8. The summed E-state index contributed by atoms with van der Waals surface area (Å²) in [5, 5.41) is 0.673. The molecule has 4 nitrogen and oxygen atoms in total. The second-order valence-electron chi connectivity index (χ2n) is 6.36. The van der Waals surface area contributed by atoms with E-state index in [2.05, 4.69) is 0 Å². The molecule has 1 aromatic carbocycles. The first-order chi connectivity index (χ1) is 10.6. The molecule has 22 heavy (non-hydrogen) atoms. The first-order valence-corrected chi connectivity index (χ1v) is 8.38. The molecule has 5 heteroatoms. The molecule has 1 amide bonds. The highest BCUT2D eigenvalue weighted by molar-refractivity contribution is 6.30. The van der Waals surface area contributed by atoms with Gasteiger partial charge in [-0.25, -0.2) is 0 Å². The van der Waals surface area contributed by atoms with Crippen LogP contribution in [-0.2, 0) is 14.9 Å². The minimum Gasteiger partial charge on any atom is -0.381 e. The SMILES string of the molecule is N[C@H]1CCCN(C(=O)C2(c3cccc(Cl)c3)CCOCC2)C1. The van der Waals surface area contributed by atoms with Crippen LogP contribution >= 0.6 is 11.6 Å². The standard InChI is InChI=1S/C17H23ClN2O2/c18-14-4-1-3-13(11-14)17(6-9-22-10-7-17)16(21)20-8-2-5-15(19)12-20/h1,3-4,11,15H,2,5-10,12,19H2/t15-/m0/s1. The summed E-state index contributed by atoms with van der Waals surface area (Å²) in [6, 6.07) is 7.80. The van der Waals surface area contributed by atoms with Crippen LogP contribution in [0.1, 0.15) is 31.2 Å². The minimum atomic E-state index is -0.514. The molecule has 0 aromatic heterocycles. The molecule has 0 radical (unpaired) electrons. The summed E-state index contributed by atoms with van der Waals surface area (Å²) in [5.74, 6) is 0.188. The minimum absolute atomic E-state index is 0.0916. The summed E-state index contributed by atoms with van der Waals surface area (Å²) < 4.78 is 5.51. The lowest BCUT2D eigenvalue weighted by Gasteiger charge is -2.42. The smallest absolute Gasteiger partial charge is 0.233 e. The Bertz CT molecular complexity index is 543. The molecule has 0 aliphatic carbocycles. The molecular weight excluding hydrogens is 300 g/mol. The van der Waals surface area contributed by atoms with E-state index < -0.39 is 5.41 Å². The highest BCUT2D eigenvalue weighted by Gasteiger charge is 2.44. The number of piperidine rings is 1. The van der Waals surface area contributed by atoms with Gasteiger partial charge in [-0.1, -0.05) is 23.7 Å². The number of halogens is 1. The number of ether oxygens (including phenoxy) is 1. The van der Waals surface area contributed by atoms with Crippen LogP contribution in [0.15, 0.2) is 24.3 Å². The molecule has 2 saturated heterocycles. The monoisotopic (exact) mass is 322 g/mol. The number of carbonyl (C=O) groups is 1. The van der Waals surface area contributed by atoms with E-state index in [1.165, 1.54) is 0 Å². The maximum absolute atomic E-state index is 13.3. The number of likely N-dealkylation sites (tertiary alicyclic amines) is 1. The summed E-state index contributed by atoms with van der Waals surface area (Å²) in [7, 11) is 0. The number of hydrogen-bond donors (Lipinski definition) is 1. The molecule has 1 aromatic rings. The highest BCUT2D eigenvalue weighted by atomic mass is 35.5. The summed E-state index contributed by atoms with van der Waals surface area (Å²) in [4.78, 5) is 15.2. The lowest BCUT2D eigenvalue weighted by Crippen LogP contribution is -2.54. The molecule has 0 bridgehead atoms. The van der Waals surface area contributed by atoms with Crippen molar-refractivity contribution in [3.05, 3.63) is 34.9 Å². The van der Waals surface area contributed by atoms with Crippen LogP contribution < -0.4 is 5.73 Å². The maximum Gasteiger partial charge on any atom is 0.233 e. The van der Waals surface area contributed by atoms with Crippen LogP contribution in [0.25, 0.3) is 0 Å². The average Bonchev–Trinajstić information content (AvgIpc) is 2.55. The van der Waals surface area contributed by atoms with Gasteiger partial charge in [-0.3, -0.25) is 4.79 Å². The fourth-order valence-corrected chi connectivity index (χ4v) is 3.82. The van der Waals surface area contributed by atoms with E-state index in [0.29, 0.717) is 37.6 Å². The lowest BCUT2D eigenvalue weighted by atomic mass is 9.72. The van der Waals surface area contributed by atoms with Crippen molar-refractivity contribution in [3.8, 4) is 0 Å². The zero-order valence-corrected chi connectivity index (χ0v) is 13.5. The Kier molecular flexibility index (Phi) is 4.71. The van der Waals surface area contributed by atoms with Crippen molar-refractivity contribution in [3.63, 3.8) is 0 Å². The van der Waals surface area contributed by atoms with Crippen molar-refractivity contribution in [1.82, 2.24) is 4.90 Å². The van der Waals surface area contributed by atoms with Gasteiger partial charge in [-0.15, -0.1) is 0 Å². The van der Waals surface area contributed by atoms with Gasteiger partial charge in [0.05, 0.1) is 5.41 Å². The predicted octanol–water partition coefficient (Wildman–Crippen LogP) is 2.34. The number of rotatable bonds is 2. The Morgan fingerprint density at radius 3 is 2.82 bits per heavy atom. The van der Waals surface area contributed by atoms with Gasteiger partial charge in [0.2, 0.25) is 5.91 Å². The fourth-order valence-electron chi connectivity index (χ4n) is 3.63. The molecule has 0 saturated carbocycles. The molecule has 2 fully saturated rings. The number of amides is 1. The molecular formula is C17H23ClN2O2. The number of benzene rings is 1. The van der Waals surface area contributed by atoms with Gasteiger partial charge in [0.15, 0.2) is 0 Å². The van der Waals surface area contributed by atoms with Crippen LogP contribution in [0.4, 0.5) is 0 Å². The quantitative estimate of drug-likeness (QED) is 0.909. The zero-order valence-electron chi connectivity index (χ0n) is 12.8. The van der Waals surface area contributed by atoms with E-state index >= 15 is 0 Å². The van der Waals surface area contributed by atoms with Crippen LogP contribution in [0.5, 0.6) is 0 Å². The van der Waals surface area contributed by atoms with E-state index in [4.69, 9.17) is 22.1 Å². The van der Waals surface area contributed by atoms with Crippen LogP contribution in [0, 0.1) is 0 Å². The van der Waals surface area contributed by atoms with Crippen molar-refractivity contribution in [1.29, 1.82) is 0 Å². The molecule has 120 valence electrons. The Balaban J connectivity index is 1.93. The van der Waals surface area contributed by atoms with Crippen LogP contribution in [0.3, 0.4) is 0 Å². The third-order valence-electron chi connectivity index (χ3n) is 4.88. The normalized spacial score (nSPS) is 25.0. The number of hydrogen-bond acceptors (Lipinski definition) is 3. The summed E-state index contributed by atoms with van der Waals surface area (Å²) in [6.07, 6.45) is 3.39. The van der Waals surface area contributed by atoms with Gasteiger partial charge < -0.3 is 15.4 Å². The molecule has 2 aliphatic heterocycles. The molecule has 1 atom stereocenters. The maximum atomic E-state index is 13.3. The van der Waals surface area contributed by atoms with Gasteiger partial charge in [-0.2, -0.15) is 0 Å². The Labute approximate surface area is 136 Å². The Hall–Kier alpha value is -1.10. The lowest BCUT2D eigenvalue weighted by molar-refractivity contribution is -0.142. The second-order valence-corrected chi connectivity index (χ2v) is 6.79. The van der Waals surface area contributed by atoms with Crippen molar-refractivity contribution in [2.24, 2.45) is 5.73 Å². The zero-order chi connectivity index (χ0) is 15.6. The van der Waals surface area contributed by atoms with Gasteiger partial charge >= 0.3 is 0 Å².